The van der Waals surface area contributed by atoms with Crippen molar-refractivity contribution in [1.29, 1.82) is 0 Å². The van der Waals surface area contributed by atoms with E-state index >= 15 is 0 Å². The number of hydrogen-bond acceptors (Lipinski definition) is 3. The van der Waals surface area contributed by atoms with Gasteiger partial charge in [-0.15, -0.1) is 0 Å². The molecule has 0 saturated carbocycles. The molecule has 2 unspecified atom stereocenters. The van der Waals surface area contributed by atoms with Crippen LogP contribution in [0.4, 0.5) is 4.39 Å². The fourth-order valence-electron chi connectivity index (χ4n) is 2.81. The van der Waals surface area contributed by atoms with Gasteiger partial charge in [-0.05, 0) is 43.4 Å². The number of nitrogens with two attached hydrogens (primary N) is 1. The Morgan fingerprint density at radius 2 is 2.10 bits per heavy atom. The molecule has 0 amide bonds. The SMILES string of the molecule is CC1CCN(S(=O)(=O)c2cc(F)ccc2CN)C(C)C1. The standard InChI is InChI=1S/C14H21FN2O2S/c1-10-5-6-17(11(2)7-10)20(18,19)14-8-13(15)4-3-12(14)9-16/h3-4,8,10-11H,5-7,9,16H2,1-2H3. The fourth-order valence-corrected chi connectivity index (χ4v) is 4.71. The Morgan fingerprint density at radius 3 is 2.70 bits per heavy atom. The van der Waals surface area contributed by atoms with Gasteiger partial charge in [0.15, 0.2) is 0 Å². The van der Waals surface area contributed by atoms with Gasteiger partial charge in [-0.25, -0.2) is 12.8 Å². The van der Waals surface area contributed by atoms with Crippen molar-refractivity contribution < 1.29 is 12.8 Å². The molecule has 0 spiro atoms. The monoisotopic (exact) mass is 300 g/mol. The highest BCUT2D eigenvalue weighted by atomic mass is 32.2. The minimum Gasteiger partial charge on any atom is -0.326 e. The van der Waals surface area contributed by atoms with Gasteiger partial charge in [-0.2, -0.15) is 4.31 Å². The summed E-state index contributed by atoms with van der Waals surface area (Å²) in [6, 6.07) is 3.68. The van der Waals surface area contributed by atoms with Gasteiger partial charge < -0.3 is 5.73 Å². The Hall–Kier alpha value is -0.980. The molecule has 20 heavy (non-hydrogen) atoms. The maximum absolute atomic E-state index is 13.4. The first-order valence-corrected chi connectivity index (χ1v) is 8.30. The average molecular weight is 300 g/mol. The largest absolute Gasteiger partial charge is 0.326 e. The van der Waals surface area contributed by atoms with Crippen LogP contribution in [0.3, 0.4) is 0 Å². The van der Waals surface area contributed by atoms with E-state index in [-0.39, 0.29) is 17.5 Å². The van der Waals surface area contributed by atoms with Crippen molar-refractivity contribution in [3.8, 4) is 0 Å². The van der Waals surface area contributed by atoms with E-state index in [9.17, 15) is 12.8 Å². The summed E-state index contributed by atoms with van der Waals surface area (Å²) in [5.74, 6) is -0.0447. The van der Waals surface area contributed by atoms with Gasteiger partial charge in [-0.3, -0.25) is 0 Å². The van der Waals surface area contributed by atoms with Crippen LogP contribution in [0.15, 0.2) is 23.1 Å². The summed E-state index contributed by atoms with van der Waals surface area (Å²) in [6.07, 6.45) is 1.66. The van der Waals surface area contributed by atoms with Crippen molar-refractivity contribution in [2.24, 2.45) is 11.7 Å². The average Bonchev–Trinajstić information content (AvgIpc) is 2.38. The normalized spacial score (nSPS) is 24.8. The van der Waals surface area contributed by atoms with E-state index in [1.165, 1.54) is 16.4 Å². The molecule has 2 rings (SSSR count). The highest BCUT2D eigenvalue weighted by Gasteiger charge is 2.34. The van der Waals surface area contributed by atoms with Crippen LogP contribution in [0.5, 0.6) is 0 Å². The number of benzene rings is 1. The van der Waals surface area contributed by atoms with E-state index in [1.54, 1.807) is 0 Å². The number of nitrogens with zero attached hydrogens (tertiary/aromatic N) is 1. The number of sulfonamides is 1. The van der Waals surface area contributed by atoms with Crippen LogP contribution < -0.4 is 5.73 Å². The summed E-state index contributed by atoms with van der Waals surface area (Å²) in [6.45, 7) is 4.57. The Kier molecular flexibility index (Phi) is 4.46. The number of hydrogen-bond donors (Lipinski definition) is 1. The number of piperidine rings is 1. The Balaban J connectivity index is 2.42. The van der Waals surface area contributed by atoms with E-state index in [1.807, 2.05) is 6.92 Å². The molecule has 0 bridgehead atoms. The molecule has 1 aliphatic rings. The third-order valence-electron chi connectivity index (χ3n) is 3.91. The van der Waals surface area contributed by atoms with Gasteiger partial charge in [0.1, 0.15) is 5.82 Å². The van der Waals surface area contributed by atoms with Gasteiger partial charge in [0.2, 0.25) is 10.0 Å². The second-order valence-corrected chi connectivity index (χ2v) is 7.41. The lowest BCUT2D eigenvalue weighted by Crippen LogP contribution is -2.44. The number of rotatable bonds is 3. The van der Waals surface area contributed by atoms with E-state index < -0.39 is 15.8 Å². The first kappa shape index (κ1) is 15.4. The molecule has 1 heterocycles. The predicted molar refractivity (Wildman–Crippen MR) is 76.0 cm³/mol. The summed E-state index contributed by atoms with van der Waals surface area (Å²) in [4.78, 5) is 0.00130. The molecule has 2 atom stereocenters. The predicted octanol–water partition coefficient (Wildman–Crippen LogP) is 2.09. The van der Waals surface area contributed by atoms with Gasteiger partial charge >= 0.3 is 0 Å². The van der Waals surface area contributed by atoms with Gasteiger partial charge in [0.05, 0.1) is 4.90 Å². The van der Waals surface area contributed by atoms with Gasteiger partial charge in [0, 0.05) is 19.1 Å². The second-order valence-electron chi connectivity index (χ2n) is 5.55. The Morgan fingerprint density at radius 1 is 1.40 bits per heavy atom. The molecule has 0 aliphatic carbocycles. The second kappa shape index (κ2) is 5.79. The third-order valence-corrected chi connectivity index (χ3v) is 6.01. The first-order chi connectivity index (χ1) is 9.36. The van der Waals surface area contributed by atoms with Crippen LogP contribution in [0.25, 0.3) is 0 Å². The minimum atomic E-state index is -3.69. The summed E-state index contributed by atoms with van der Waals surface area (Å²) in [5, 5.41) is 0. The summed E-state index contributed by atoms with van der Waals surface area (Å²) < 4.78 is 40.4. The van der Waals surface area contributed by atoms with Crippen LogP contribution >= 0.6 is 0 Å². The molecule has 1 fully saturated rings. The van der Waals surface area contributed by atoms with Crippen LogP contribution in [0, 0.1) is 11.7 Å². The van der Waals surface area contributed by atoms with E-state index in [0.717, 1.165) is 18.9 Å². The molecular formula is C14H21FN2O2S. The van der Waals surface area contributed by atoms with Crippen LogP contribution in [0.2, 0.25) is 0 Å². The Labute approximate surface area is 119 Å². The molecule has 1 aromatic carbocycles. The maximum Gasteiger partial charge on any atom is 0.243 e. The topological polar surface area (TPSA) is 63.4 Å². The summed E-state index contributed by atoms with van der Waals surface area (Å²) >= 11 is 0. The smallest absolute Gasteiger partial charge is 0.243 e. The maximum atomic E-state index is 13.4. The molecule has 0 radical (unpaired) electrons. The van der Waals surface area contributed by atoms with E-state index in [4.69, 9.17) is 5.73 Å². The summed E-state index contributed by atoms with van der Waals surface area (Å²) in [7, 11) is -3.69. The molecule has 1 aromatic rings. The zero-order valence-electron chi connectivity index (χ0n) is 11.8. The van der Waals surface area contributed by atoms with E-state index in [0.29, 0.717) is 18.0 Å². The van der Waals surface area contributed by atoms with Crippen molar-refractivity contribution in [2.45, 2.75) is 44.2 Å². The van der Waals surface area contributed by atoms with Crippen molar-refractivity contribution in [2.75, 3.05) is 6.54 Å². The van der Waals surface area contributed by atoms with Gasteiger partial charge in [0.25, 0.3) is 0 Å². The van der Waals surface area contributed by atoms with E-state index in [2.05, 4.69) is 6.92 Å². The van der Waals surface area contributed by atoms with Gasteiger partial charge in [-0.1, -0.05) is 13.0 Å². The molecule has 6 heteroatoms. The molecule has 112 valence electrons. The fraction of sp³-hybridized carbons (Fsp3) is 0.571. The van der Waals surface area contributed by atoms with Crippen molar-refractivity contribution in [3.63, 3.8) is 0 Å². The van der Waals surface area contributed by atoms with Crippen LogP contribution in [-0.4, -0.2) is 25.3 Å². The molecule has 1 aliphatic heterocycles. The summed E-state index contributed by atoms with van der Waals surface area (Å²) in [5.41, 5.74) is 6.03. The van der Waals surface area contributed by atoms with Crippen molar-refractivity contribution in [1.82, 2.24) is 4.31 Å². The minimum absolute atomic E-state index is 0.00130. The molecule has 0 aromatic heterocycles. The lowest BCUT2D eigenvalue weighted by atomic mass is 9.95. The highest BCUT2D eigenvalue weighted by molar-refractivity contribution is 7.89. The third kappa shape index (κ3) is 2.87. The first-order valence-electron chi connectivity index (χ1n) is 6.86. The Bertz CT molecular complexity index is 589. The highest BCUT2D eigenvalue weighted by Crippen LogP contribution is 2.29. The van der Waals surface area contributed by atoms with Crippen LogP contribution in [0.1, 0.15) is 32.3 Å². The van der Waals surface area contributed by atoms with Crippen LogP contribution in [-0.2, 0) is 16.6 Å². The number of halogens is 1. The quantitative estimate of drug-likeness (QED) is 0.929. The zero-order valence-corrected chi connectivity index (χ0v) is 12.7. The molecule has 4 nitrogen and oxygen atoms in total. The lowest BCUT2D eigenvalue weighted by molar-refractivity contribution is 0.220. The lowest BCUT2D eigenvalue weighted by Gasteiger charge is -2.35. The molecular weight excluding hydrogens is 279 g/mol. The molecule has 1 saturated heterocycles. The zero-order chi connectivity index (χ0) is 14.9. The van der Waals surface area contributed by atoms with Crippen molar-refractivity contribution >= 4 is 10.0 Å². The molecule has 2 N–H and O–H groups in total. The van der Waals surface area contributed by atoms with Crippen molar-refractivity contribution in [3.05, 3.63) is 29.6 Å².